The minimum absolute atomic E-state index is 0.128. The third-order valence-electron chi connectivity index (χ3n) is 5.35. The van der Waals surface area contributed by atoms with Gasteiger partial charge in [0.15, 0.2) is 0 Å². The van der Waals surface area contributed by atoms with Crippen molar-refractivity contribution in [3.63, 3.8) is 0 Å². The second-order valence-corrected chi connectivity index (χ2v) is 7.22. The van der Waals surface area contributed by atoms with E-state index in [0.717, 1.165) is 43.1 Å². The van der Waals surface area contributed by atoms with Crippen LogP contribution in [0.3, 0.4) is 0 Å². The first-order valence-corrected chi connectivity index (χ1v) is 9.03. The summed E-state index contributed by atoms with van der Waals surface area (Å²) in [6, 6.07) is 17.8. The molecule has 2 heterocycles. The second-order valence-electron chi connectivity index (χ2n) is 7.22. The number of ether oxygens (including phenoxy) is 1. The van der Waals surface area contributed by atoms with E-state index < -0.39 is 0 Å². The van der Waals surface area contributed by atoms with Gasteiger partial charge in [-0.3, -0.25) is 14.9 Å². The zero-order chi connectivity index (χ0) is 18.0. The van der Waals surface area contributed by atoms with Gasteiger partial charge < -0.3 is 9.64 Å². The number of benzene rings is 2. The van der Waals surface area contributed by atoms with Gasteiger partial charge in [-0.05, 0) is 54.7 Å². The lowest BCUT2D eigenvalue weighted by Gasteiger charge is -2.43. The topological polar surface area (TPSA) is 58.6 Å². The minimum atomic E-state index is -0.147. The molecule has 2 aromatic rings. The Hall–Kier alpha value is -2.82. The molecule has 1 N–H and O–H groups in total. The first-order chi connectivity index (χ1) is 12.6. The third-order valence-corrected chi connectivity index (χ3v) is 5.35. The van der Waals surface area contributed by atoms with Crippen LogP contribution in [0.2, 0.25) is 0 Å². The Kier molecular flexibility index (Phi) is 4.37. The number of nitrogens with zero attached hydrogens (tertiary/aromatic N) is 1. The van der Waals surface area contributed by atoms with Gasteiger partial charge in [0.2, 0.25) is 11.8 Å². The van der Waals surface area contributed by atoms with Gasteiger partial charge in [-0.1, -0.05) is 18.2 Å². The quantitative estimate of drug-likeness (QED) is 0.861. The highest BCUT2D eigenvalue weighted by Crippen LogP contribution is 2.41. The van der Waals surface area contributed by atoms with Crippen molar-refractivity contribution in [2.45, 2.75) is 25.7 Å². The summed E-state index contributed by atoms with van der Waals surface area (Å²) in [5, 5.41) is 2.41. The number of para-hydroxylation sites is 1. The Labute approximate surface area is 153 Å². The molecule has 0 atom stereocenters. The number of piperidine rings is 2. The van der Waals surface area contributed by atoms with Gasteiger partial charge in [-0.25, -0.2) is 0 Å². The average molecular weight is 350 g/mol. The van der Waals surface area contributed by atoms with E-state index in [4.69, 9.17) is 4.74 Å². The molecule has 2 aliphatic rings. The minimum Gasteiger partial charge on any atom is -0.457 e. The molecule has 2 fully saturated rings. The lowest BCUT2D eigenvalue weighted by molar-refractivity contribution is -0.138. The summed E-state index contributed by atoms with van der Waals surface area (Å²) in [6.45, 7) is 1.72. The first-order valence-electron chi connectivity index (χ1n) is 9.03. The molecule has 0 bridgehead atoms. The van der Waals surface area contributed by atoms with Crippen molar-refractivity contribution in [1.82, 2.24) is 5.32 Å². The summed E-state index contributed by atoms with van der Waals surface area (Å²) in [5.41, 5.74) is 0.999. The highest BCUT2D eigenvalue weighted by atomic mass is 16.5. The fourth-order valence-corrected chi connectivity index (χ4v) is 3.93. The summed E-state index contributed by atoms with van der Waals surface area (Å²) in [5.74, 6) is 1.37. The predicted molar refractivity (Wildman–Crippen MR) is 99.2 cm³/mol. The standard InChI is InChI=1S/C21H22N2O3/c24-19-14-21(15-20(25)22-19)10-12-23(13-11-21)16-6-8-18(9-7-16)26-17-4-2-1-3-5-17/h1-9H,10-15H2,(H,22,24,25). The van der Waals surface area contributed by atoms with Crippen LogP contribution in [0.4, 0.5) is 5.69 Å². The third kappa shape index (κ3) is 3.57. The van der Waals surface area contributed by atoms with Gasteiger partial charge in [-0.2, -0.15) is 0 Å². The van der Waals surface area contributed by atoms with Crippen LogP contribution < -0.4 is 15.0 Å². The Balaban J connectivity index is 1.39. The fraction of sp³-hybridized carbons (Fsp3) is 0.333. The maximum absolute atomic E-state index is 11.7. The van der Waals surface area contributed by atoms with Gasteiger partial charge in [0.1, 0.15) is 11.5 Å². The van der Waals surface area contributed by atoms with Gasteiger partial charge in [-0.15, -0.1) is 0 Å². The van der Waals surface area contributed by atoms with Gasteiger partial charge in [0.05, 0.1) is 0 Å². The Morgan fingerprint density at radius 1 is 0.808 bits per heavy atom. The monoisotopic (exact) mass is 350 g/mol. The van der Waals surface area contributed by atoms with E-state index in [9.17, 15) is 9.59 Å². The van der Waals surface area contributed by atoms with Crippen molar-refractivity contribution in [3.8, 4) is 11.5 Å². The molecule has 134 valence electrons. The van der Waals surface area contributed by atoms with Crippen LogP contribution in [0.25, 0.3) is 0 Å². The van der Waals surface area contributed by atoms with Crippen molar-refractivity contribution in [1.29, 1.82) is 0 Å². The zero-order valence-electron chi connectivity index (χ0n) is 14.6. The van der Waals surface area contributed by atoms with Gasteiger partial charge in [0.25, 0.3) is 0 Å². The number of nitrogens with one attached hydrogen (secondary N) is 1. The molecule has 0 aromatic heterocycles. The highest BCUT2D eigenvalue weighted by Gasteiger charge is 2.41. The number of amides is 2. The first kappa shape index (κ1) is 16.6. The van der Waals surface area contributed by atoms with Gasteiger partial charge in [0, 0.05) is 31.6 Å². The number of carbonyl (C=O) groups excluding carboxylic acids is 2. The molecule has 4 rings (SSSR count). The van der Waals surface area contributed by atoms with E-state index in [1.54, 1.807) is 0 Å². The molecular weight excluding hydrogens is 328 g/mol. The largest absolute Gasteiger partial charge is 0.457 e. The maximum atomic E-state index is 11.7. The van der Waals surface area contributed by atoms with Crippen molar-refractivity contribution in [2.24, 2.45) is 5.41 Å². The fourth-order valence-electron chi connectivity index (χ4n) is 3.93. The van der Waals surface area contributed by atoms with E-state index in [2.05, 4.69) is 22.3 Å². The molecule has 5 heteroatoms. The van der Waals surface area contributed by atoms with E-state index in [1.165, 1.54) is 0 Å². The molecule has 2 aliphatic heterocycles. The molecule has 0 saturated carbocycles. The SMILES string of the molecule is O=C1CC2(CCN(c3ccc(Oc4ccccc4)cc3)CC2)CC(=O)N1. The number of hydrogen-bond acceptors (Lipinski definition) is 4. The molecule has 2 saturated heterocycles. The summed E-state index contributed by atoms with van der Waals surface area (Å²) in [4.78, 5) is 25.8. The summed E-state index contributed by atoms with van der Waals surface area (Å²) in [6.07, 6.45) is 2.68. The summed E-state index contributed by atoms with van der Waals surface area (Å²) < 4.78 is 5.83. The Morgan fingerprint density at radius 2 is 1.38 bits per heavy atom. The van der Waals surface area contributed by atoms with E-state index in [-0.39, 0.29) is 17.2 Å². The molecule has 1 spiro atoms. The smallest absolute Gasteiger partial charge is 0.227 e. The lowest BCUT2D eigenvalue weighted by atomic mass is 9.71. The Morgan fingerprint density at radius 3 is 2.00 bits per heavy atom. The molecule has 2 amide bonds. The van der Waals surface area contributed by atoms with Crippen molar-refractivity contribution < 1.29 is 14.3 Å². The Bertz CT molecular complexity index is 776. The van der Waals surface area contributed by atoms with Crippen LogP contribution in [0, 0.1) is 5.41 Å². The maximum Gasteiger partial charge on any atom is 0.227 e. The van der Waals surface area contributed by atoms with Crippen molar-refractivity contribution in [3.05, 3.63) is 54.6 Å². The summed E-state index contributed by atoms with van der Waals surface area (Å²) in [7, 11) is 0. The molecule has 0 aliphatic carbocycles. The second kappa shape index (κ2) is 6.83. The van der Waals surface area contributed by atoms with Crippen LogP contribution in [0.5, 0.6) is 11.5 Å². The molecule has 2 aromatic carbocycles. The highest BCUT2D eigenvalue weighted by molar-refractivity contribution is 5.98. The number of anilines is 1. The van der Waals surface area contributed by atoms with E-state index in [0.29, 0.717) is 12.8 Å². The summed E-state index contributed by atoms with van der Waals surface area (Å²) >= 11 is 0. The number of imide groups is 1. The van der Waals surface area contributed by atoms with Crippen LogP contribution in [0.15, 0.2) is 54.6 Å². The normalized spacial score (nSPS) is 19.3. The lowest BCUT2D eigenvalue weighted by Crippen LogP contribution is -2.50. The van der Waals surface area contributed by atoms with Crippen molar-refractivity contribution in [2.75, 3.05) is 18.0 Å². The van der Waals surface area contributed by atoms with Crippen LogP contribution >= 0.6 is 0 Å². The van der Waals surface area contributed by atoms with Crippen molar-refractivity contribution >= 4 is 17.5 Å². The van der Waals surface area contributed by atoms with E-state index >= 15 is 0 Å². The van der Waals surface area contributed by atoms with Crippen LogP contribution in [-0.4, -0.2) is 24.9 Å². The van der Waals surface area contributed by atoms with Crippen LogP contribution in [-0.2, 0) is 9.59 Å². The predicted octanol–water partition coefficient (Wildman–Crippen LogP) is 3.50. The number of hydrogen-bond donors (Lipinski definition) is 1. The average Bonchev–Trinajstić information content (AvgIpc) is 2.63. The molecule has 26 heavy (non-hydrogen) atoms. The number of rotatable bonds is 3. The molecule has 0 unspecified atom stereocenters. The van der Waals surface area contributed by atoms with Crippen LogP contribution in [0.1, 0.15) is 25.7 Å². The number of carbonyl (C=O) groups is 2. The molecular formula is C21H22N2O3. The molecule has 0 radical (unpaired) electrons. The van der Waals surface area contributed by atoms with Gasteiger partial charge >= 0.3 is 0 Å². The van der Waals surface area contributed by atoms with E-state index in [1.807, 2.05) is 42.5 Å². The molecule has 5 nitrogen and oxygen atoms in total. The zero-order valence-corrected chi connectivity index (χ0v) is 14.6.